The number of rotatable bonds is 5. The van der Waals surface area contributed by atoms with E-state index in [1.165, 1.54) is 0 Å². The third-order valence-electron chi connectivity index (χ3n) is 4.33. The van der Waals surface area contributed by atoms with Crippen molar-refractivity contribution in [3.8, 4) is 5.75 Å². The first kappa shape index (κ1) is 14.3. The molecule has 0 spiro atoms. The zero-order chi connectivity index (χ0) is 14.8. The van der Waals surface area contributed by atoms with Crippen molar-refractivity contribution in [2.75, 3.05) is 18.1 Å². The molecule has 0 radical (unpaired) electrons. The van der Waals surface area contributed by atoms with Crippen LogP contribution in [-0.2, 0) is 11.2 Å². The minimum absolute atomic E-state index is 0.151. The van der Waals surface area contributed by atoms with Gasteiger partial charge in [0.05, 0.1) is 12.8 Å². The number of fused-ring (bicyclic) bond motifs is 1. The molecule has 2 aliphatic rings. The van der Waals surface area contributed by atoms with E-state index in [9.17, 15) is 4.79 Å². The first-order chi connectivity index (χ1) is 10.2. The summed E-state index contributed by atoms with van der Waals surface area (Å²) < 4.78 is 5.62. The molecular weight excluding hydrogens is 268 g/mol. The molecule has 3 rings (SSSR count). The molecule has 0 saturated heterocycles. The van der Waals surface area contributed by atoms with Gasteiger partial charge in [-0.15, -0.1) is 0 Å². The lowest BCUT2D eigenvalue weighted by molar-refractivity contribution is -0.120. The number of aliphatic hydroxyl groups is 1. The number of hydrogen-bond acceptors (Lipinski definition) is 4. The van der Waals surface area contributed by atoms with Gasteiger partial charge in [-0.05, 0) is 43.2 Å². The monoisotopic (exact) mass is 290 g/mol. The number of hydrogen-bond donors (Lipinski definition) is 1. The Labute approximate surface area is 124 Å². The Kier molecular flexibility index (Phi) is 4.10. The number of aromatic nitrogens is 1. The van der Waals surface area contributed by atoms with Crippen LogP contribution in [0.15, 0.2) is 12.3 Å². The molecule has 0 bridgehead atoms. The van der Waals surface area contributed by atoms with Crippen LogP contribution in [0.2, 0.25) is 0 Å². The molecule has 0 atom stereocenters. The SMILES string of the molecule is CCCOc1cnc2c(c1)CCC(=O)N2[C@H]1C[C@H](CO)C1. The van der Waals surface area contributed by atoms with Gasteiger partial charge < -0.3 is 9.84 Å². The molecule has 2 heterocycles. The summed E-state index contributed by atoms with van der Waals surface area (Å²) in [6.45, 7) is 2.97. The van der Waals surface area contributed by atoms with E-state index in [1.54, 1.807) is 6.20 Å². The van der Waals surface area contributed by atoms with Crippen molar-refractivity contribution in [2.45, 2.75) is 45.1 Å². The molecule has 0 unspecified atom stereocenters. The highest BCUT2D eigenvalue weighted by Gasteiger charge is 2.39. The van der Waals surface area contributed by atoms with Crippen LogP contribution < -0.4 is 9.64 Å². The highest BCUT2D eigenvalue weighted by atomic mass is 16.5. The van der Waals surface area contributed by atoms with Crippen LogP contribution >= 0.6 is 0 Å². The molecule has 1 fully saturated rings. The van der Waals surface area contributed by atoms with E-state index in [1.807, 2.05) is 11.0 Å². The normalized spacial score (nSPS) is 24.5. The Balaban J connectivity index is 1.79. The fraction of sp³-hybridized carbons (Fsp3) is 0.625. The minimum Gasteiger partial charge on any atom is -0.492 e. The first-order valence-corrected chi connectivity index (χ1v) is 7.77. The number of aryl methyl sites for hydroxylation is 1. The number of anilines is 1. The average molecular weight is 290 g/mol. The van der Waals surface area contributed by atoms with Crippen LogP contribution in [0.25, 0.3) is 0 Å². The van der Waals surface area contributed by atoms with Crippen molar-refractivity contribution < 1.29 is 14.6 Å². The van der Waals surface area contributed by atoms with E-state index in [0.717, 1.165) is 42.8 Å². The number of amides is 1. The molecule has 21 heavy (non-hydrogen) atoms. The largest absolute Gasteiger partial charge is 0.492 e. The van der Waals surface area contributed by atoms with Gasteiger partial charge in [0.1, 0.15) is 11.6 Å². The van der Waals surface area contributed by atoms with Crippen molar-refractivity contribution in [3.05, 3.63) is 17.8 Å². The quantitative estimate of drug-likeness (QED) is 0.900. The predicted molar refractivity (Wildman–Crippen MR) is 79.4 cm³/mol. The van der Waals surface area contributed by atoms with E-state index in [2.05, 4.69) is 11.9 Å². The van der Waals surface area contributed by atoms with Gasteiger partial charge in [-0.2, -0.15) is 0 Å². The average Bonchev–Trinajstić information content (AvgIpc) is 2.46. The van der Waals surface area contributed by atoms with Crippen LogP contribution in [0.5, 0.6) is 5.75 Å². The zero-order valence-corrected chi connectivity index (χ0v) is 12.4. The van der Waals surface area contributed by atoms with Gasteiger partial charge in [-0.3, -0.25) is 9.69 Å². The molecule has 1 aliphatic carbocycles. The van der Waals surface area contributed by atoms with Crippen molar-refractivity contribution in [3.63, 3.8) is 0 Å². The molecule has 1 amide bonds. The van der Waals surface area contributed by atoms with Gasteiger partial charge in [0.2, 0.25) is 5.91 Å². The second-order valence-electron chi connectivity index (χ2n) is 5.94. The molecule has 0 aromatic carbocycles. The summed E-state index contributed by atoms with van der Waals surface area (Å²) in [7, 11) is 0. The van der Waals surface area contributed by atoms with E-state index in [0.29, 0.717) is 18.9 Å². The summed E-state index contributed by atoms with van der Waals surface area (Å²) >= 11 is 0. The Morgan fingerprint density at radius 2 is 2.24 bits per heavy atom. The van der Waals surface area contributed by atoms with E-state index in [-0.39, 0.29) is 18.6 Å². The molecule has 1 aliphatic heterocycles. The molecule has 1 saturated carbocycles. The van der Waals surface area contributed by atoms with E-state index < -0.39 is 0 Å². The van der Waals surface area contributed by atoms with Gasteiger partial charge in [-0.1, -0.05) is 6.92 Å². The molecular formula is C16H22N2O3. The van der Waals surface area contributed by atoms with E-state index >= 15 is 0 Å². The van der Waals surface area contributed by atoms with Gasteiger partial charge in [0.15, 0.2) is 0 Å². The number of pyridine rings is 1. The summed E-state index contributed by atoms with van der Waals surface area (Å²) in [5.74, 6) is 2.06. The number of nitrogens with zero attached hydrogens (tertiary/aromatic N) is 2. The summed E-state index contributed by atoms with van der Waals surface area (Å²) in [4.78, 5) is 18.6. The van der Waals surface area contributed by atoms with Crippen LogP contribution in [0.4, 0.5) is 5.82 Å². The lowest BCUT2D eigenvalue weighted by atomic mass is 9.79. The second-order valence-corrected chi connectivity index (χ2v) is 5.94. The summed E-state index contributed by atoms with van der Waals surface area (Å²) in [5, 5.41) is 9.15. The Morgan fingerprint density at radius 3 is 2.95 bits per heavy atom. The van der Waals surface area contributed by atoms with E-state index in [4.69, 9.17) is 9.84 Å². The number of carbonyl (C=O) groups is 1. The van der Waals surface area contributed by atoms with Crippen LogP contribution in [0.1, 0.15) is 38.2 Å². The predicted octanol–water partition coefficient (Wildman–Crippen LogP) is 1.92. The maximum absolute atomic E-state index is 12.2. The van der Waals surface area contributed by atoms with Crippen molar-refractivity contribution >= 4 is 11.7 Å². The summed E-state index contributed by atoms with van der Waals surface area (Å²) in [5.41, 5.74) is 1.09. The molecule has 1 aromatic heterocycles. The third-order valence-corrected chi connectivity index (χ3v) is 4.33. The second kappa shape index (κ2) is 6.02. The molecule has 1 N–H and O–H groups in total. The fourth-order valence-electron chi connectivity index (χ4n) is 3.10. The third kappa shape index (κ3) is 2.75. The standard InChI is InChI=1S/C16H22N2O3/c1-2-5-21-14-8-12-3-4-15(20)18(16(12)17-9-14)13-6-11(7-13)10-19/h8-9,11,13,19H,2-7,10H2,1H3/t11-,13-. The van der Waals surface area contributed by atoms with Crippen LogP contribution in [0, 0.1) is 5.92 Å². The Morgan fingerprint density at radius 1 is 1.43 bits per heavy atom. The summed E-state index contributed by atoms with van der Waals surface area (Å²) in [6, 6.07) is 2.21. The van der Waals surface area contributed by atoms with Gasteiger partial charge >= 0.3 is 0 Å². The van der Waals surface area contributed by atoms with Gasteiger partial charge in [0.25, 0.3) is 0 Å². The van der Waals surface area contributed by atoms with Crippen molar-refractivity contribution in [1.82, 2.24) is 4.98 Å². The van der Waals surface area contributed by atoms with Crippen LogP contribution in [0.3, 0.4) is 0 Å². The molecule has 1 aromatic rings. The summed E-state index contributed by atoms with van der Waals surface area (Å²) in [6.07, 6.45) is 5.69. The van der Waals surface area contributed by atoms with Crippen LogP contribution in [-0.4, -0.2) is 35.3 Å². The van der Waals surface area contributed by atoms with Gasteiger partial charge in [-0.25, -0.2) is 4.98 Å². The first-order valence-electron chi connectivity index (χ1n) is 7.77. The van der Waals surface area contributed by atoms with Crippen molar-refractivity contribution in [1.29, 1.82) is 0 Å². The van der Waals surface area contributed by atoms with Crippen molar-refractivity contribution in [2.24, 2.45) is 5.92 Å². The zero-order valence-electron chi connectivity index (χ0n) is 12.4. The lowest BCUT2D eigenvalue weighted by Gasteiger charge is -2.43. The maximum atomic E-state index is 12.2. The Bertz CT molecular complexity index is 526. The highest BCUT2D eigenvalue weighted by Crippen LogP contribution is 2.38. The van der Waals surface area contributed by atoms with Gasteiger partial charge in [0, 0.05) is 19.1 Å². The Hall–Kier alpha value is -1.62. The number of ether oxygens (including phenoxy) is 1. The number of aliphatic hydroxyl groups excluding tert-OH is 1. The lowest BCUT2D eigenvalue weighted by Crippen LogP contribution is -2.51. The molecule has 5 nitrogen and oxygen atoms in total. The highest BCUT2D eigenvalue weighted by molar-refractivity contribution is 5.96. The maximum Gasteiger partial charge on any atom is 0.228 e. The number of carbonyl (C=O) groups excluding carboxylic acids is 1. The smallest absolute Gasteiger partial charge is 0.228 e. The minimum atomic E-state index is 0.151. The molecule has 114 valence electrons. The molecule has 5 heteroatoms. The topological polar surface area (TPSA) is 62.7 Å². The fourth-order valence-corrected chi connectivity index (χ4v) is 3.10.